The maximum atomic E-state index is 13.8. The molecule has 1 aromatic rings. The van der Waals surface area contributed by atoms with Crippen molar-refractivity contribution in [2.24, 2.45) is 5.92 Å². The highest BCUT2D eigenvalue weighted by molar-refractivity contribution is 5.94. The van der Waals surface area contributed by atoms with Crippen LogP contribution in [-0.2, 0) is 9.53 Å². The van der Waals surface area contributed by atoms with Crippen LogP contribution in [0.25, 0.3) is 0 Å². The van der Waals surface area contributed by atoms with Gasteiger partial charge in [-0.1, -0.05) is 12.1 Å². The molecular weight excluding hydrogens is 347 g/mol. The van der Waals surface area contributed by atoms with E-state index in [4.69, 9.17) is 4.74 Å². The summed E-state index contributed by atoms with van der Waals surface area (Å²) in [6, 6.07) is 6.10. The monoisotopic (exact) mass is 378 g/mol. The van der Waals surface area contributed by atoms with Crippen LogP contribution < -0.4 is 5.32 Å². The minimum absolute atomic E-state index is 0.0735. The van der Waals surface area contributed by atoms with Gasteiger partial charge in [-0.2, -0.15) is 0 Å². The van der Waals surface area contributed by atoms with E-state index in [0.29, 0.717) is 38.6 Å². The molecule has 1 N–H and O–H groups in total. The van der Waals surface area contributed by atoms with Crippen molar-refractivity contribution in [3.8, 4) is 0 Å². The summed E-state index contributed by atoms with van der Waals surface area (Å²) in [6.45, 7) is 6.52. The molecule has 0 spiro atoms. The van der Waals surface area contributed by atoms with Crippen LogP contribution in [-0.4, -0.2) is 49.1 Å². The largest absolute Gasteiger partial charge is 0.379 e. The fourth-order valence-corrected chi connectivity index (χ4v) is 3.27. The molecule has 0 bridgehead atoms. The SMILES string of the molecule is CC(C)OCCCNC(=O)CCC1CCN(C(=O)c2ccccc2F)CC1. The number of amides is 2. The van der Waals surface area contributed by atoms with E-state index in [0.717, 1.165) is 25.7 Å². The quantitative estimate of drug-likeness (QED) is 0.670. The first-order chi connectivity index (χ1) is 13.0. The molecule has 0 atom stereocenters. The molecule has 2 amide bonds. The first-order valence-corrected chi connectivity index (χ1v) is 9.89. The minimum atomic E-state index is -0.472. The number of hydrogen-bond acceptors (Lipinski definition) is 3. The number of likely N-dealkylation sites (tertiary alicyclic amines) is 1. The summed E-state index contributed by atoms with van der Waals surface area (Å²) < 4.78 is 19.2. The van der Waals surface area contributed by atoms with Crippen LogP contribution in [0.4, 0.5) is 4.39 Å². The fourth-order valence-electron chi connectivity index (χ4n) is 3.27. The number of piperidine rings is 1. The van der Waals surface area contributed by atoms with Gasteiger partial charge in [-0.3, -0.25) is 9.59 Å². The molecule has 0 aromatic heterocycles. The molecule has 6 heteroatoms. The summed E-state index contributed by atoms with van der Waals surface area (Å²) in [5, 5.41) is 2.93. The molecule has 150 valence electrons. The maximum absolute atomic E-state index is 13.8. The summed E-state index contributed by atoms with van der Waals surface area (Å²) >= 11 is 0. The Morgan fingerprint density at radius 3 is 2.63 bits per heavy atom. The highest BCUT2D eigenvalue weighted by Gasteiger charge is 2.25. The number of nitrogens with zero attached hydrogens (tertiary/aromatic N) is 1. The Morgan fingerprint density at radius 1 is 1.26 bits per heavy atom. The smallest absolute Gasteiger partial charge is 0.256 e. The Morgan fingerprint density at radius 2 is 1.96 bits per heavy atom. The standard InChI is InChI=1S/C21H31FN2O3/c1-16(2)27-15-5-12-23-20(25)9-8-17-10-13-24(14-11-17)21(26)18-6-3-4-7-19(18)22/h3-4,6-7,16-17H,5,8-15H2,1-2H3,(H,23,25). The summed E-state index contributed by atoms with van der Waals surface area (Å²) in [5.41, 5.74) is 0.136. The summed E-state index contributed by atoms with van der Waals surface area (Å²) in [6.07, 6.45) is 4.09. The predicted molar refractivity (Wildman–Crippen MR) is 103 cm³/mol. The second-order valence-electron chi connectivity index (χ2n) is 7.38. The van der Waals surface area contributed by atoms with Crippen LogP contribution in [0.1, 0.15) is 56.3 Å². The van der Waals surface area contributed by atoms with Gasteiger partial charge in [-0.25, -0.2) is 4.39 Å². The van der Waals surface area contributed by atoms with E-state index in [1.165, 1.54) is 12.1 Å². The van der Waals surface area contributed by atoms with Crippen LogP contribution in [0.15, 0.2) is 24.3 Å². The van der Waals surface area contributed by atoms with E-state index in [2.05, 4.69) is 5.32 Å². The summed E-state index contributed by atoms with van der Waals surface area (Å²) in [7, 11) is 0. The number of carbonyl (C=O) groups excluding carboxylic acids is 2. The fraction of sp³-hybridized carbons (Fsp3) is 0.619. The summed E-state index contributed by atoms with van der Waals surface area (Å²) in [4.78, 5) is 26.1. The molecule has 2 rings (SSSR count). The molecule has 0 unspecified atom stereocenters. The van der Waals surface area contributed by atoms with Gasteiger partial charge in [0.1, 0.15) is 5.82 Å². The van der Waals surface area contributed by atoms with Gasteiger partial charge in [-0.15, -0.1) is 0 Å². The molecule has 1 heterocycles. The minimum Gasteiger partial charge on any atom is -0.379 e. The Balaban J connectivity index is 1.62. The van der Waals surface area contributed by atoms with Gasteiger partial charge < -0.3 is 15.0 Å². The van der Waals surface area contributed by atoms with E-state index in [9.17, 15) is 14.0 Å². The molecule has 1 aliphatic rings. The van der Waals surface area contributed by atoms with Crippen molar-refractivity contribution in [3.63, 3.8) is 0 Å². The van der Waals surface area contributed by atoms with E-state index in [1.807, 2.05) is 13.8 Å². The number of benzene rings is 1. The van der Waals surface area contributed by atoms with Crippen LogP contribution in [0.5, 0.6) is 0 Å². The van der Waals surface area contributed by atoms with Crippen molar-refractivity contribution < 1.29 is 18.7 Å². The molecule has 5 nitrogen and oxygen atoms in total. The van der Waals surface area contributed by atoms with Crippen molar-refractivity contribution in [1.29, 1.82) is 0 Å². The number of nitrogens with one attached hydrogen (secondary N) is 1. The molecule has 1 fully saturated rings. The lowest BCUT2D eigenvalue weighted by molar-refractivity contribution is -0.121. The topological polar surface area (TPSA) is 58.6 Å². The third-order valence-corrected chi connectivity index (χ3v) is 4.88. The van der Waals surface area contributed by atoms with E-state index < -0.39 is 5.82 Å². The molecule has 27 heavy (non-hydrogen) atoms. The van der Waals surface area contributed by atoms with Gasteiger partial charge in [-0.05, 0) is 57.6 Å². The zero-order valence-corrected chi connectivity index (χ0v) is 16.4. The van der Waals surface area contributed by atoms with Gasteiger partial charge in [0.15, 0.2) is 0 Å². The molecule has 1 aliphatic heterocycles. The van der Waals surface area contributed by atoms with Crippen molar-refractivity contribution in [1.82, 2.24) is 10.2 Å². The Labute approximate surface area is 161 Å². The zero-order chi connectivity index (χ0) is 19.6. The lowest BCUT2D eigenvalue weighted by atomic mass is 9.91. The van der Waals surface area contributed by atoms with Gasteiger partial charge in [0.2, 0.25) is 5.91 Å². The Bertz CT molecular complexity index is 613. The molecule has 0 radical (unpaired) electrons. The average molecular weight is 378 g/mol. The number of ether oxygens (including phenoxy) is 1. The van der Waals surface area contributed by atoms with Crippen LogP contribution >= 0.6 is 0 Å². The van der Waals surface area contributed by atoms with E-state index >= 15 is 0 Å². The van der Waals surface area contributed by atoms with E-state index in [1.54, 1.807) is 17.0 Å². The number of rotatable bonds is 9. The third kappa shape index (κ3) is 7.29. The highest BCUT2D eigenvalue weighted by Crippen LogP contribution is 2.23. The van der Waals surface area contributed by atoms with Crippen molar-refractivity contribution in [2.45, 2.75) is 52.1 Å². The van der Waals surface area contributed by atoms with Crippen LogP contribution in [0.3, 0.4) is 0 Å². The van der Waals surface area contributed by atoms with E-state index in [-0.39, 0.29) is 23.5 Å². The van der Waals surface area contributed by atoms with Crippen molar-refractivity contribution in [2.75, 3.05) is 26.2 Å². The molecule has 0 aliphatic carbocycles. The highest BCUT2D eigenvalue weighted by atomic mass is 19.1. The average Bonchev–Trinajstić information content (AvgIpc) is 2.66. The zero-order valence-electron chi connectivity index (χ0n) is 16.4. The molecular formula is C21H31FN2O3. The number of hydrogen-bond donors (Lipinski definition) is 1. The first-order valence-electron chi connectivity index (χ1n) is 9.89. The molecule has 1 saturated heterocycles. The van der Waals surface area contributed by atoms with Gasteiger partial charge in [0.05, 0.1) is 11.7 Å². The Kier molecular flexibility index (Phi) is 8.72. The summed E-state index contributed by atoms with van der Waals surface area (Å²) in [5.74, 6) is -0.206. The normalized spacial score (nSPS) is 15.2. The second kappa shape index (κ2) is 11.0. The van der Waals surface area contributed by atoms with Crippen molar-refractivity contribution in [3.05, 3.63) is 35.6 Å². The predicted octanol–water partition coefficient (Wildman–Crippen LogP) is 3.39. The second-order valence-corrected chi connectivity index (χ2v) is 7.38. The Hall–Kier alpha value is -1.95. The lowest BCUT2D eigenvalue weighted by Crippen LogP contribution is -2.39. The number of halogens is 1. The van der Waals surface area contributed by atoms with Gasteiger partial charge >= 0.3 is 0 Å². The van der Waals surface area contributed by atoms with Crippen LogP contribution in [0, 0.1) is 11.7 Å². The van der Waals surface area contributed by atoms with Crippen molar-refractivity contribution >= 4 is 11.8 Å². The third-order valence-electron chi connectivity index (χ3n) is 4.88. The first kappa shape index (κ1) is 21.4. The van der Waals surface area contributed by atoms with Gasteiger partial charge in [0.25, 0.3) is 5.91 Å². The maximum Gasteiger partial charge on any atom is 0.256 e. The van der Waals surface area contributed by atoms with Gasteiger partial charge in [0, 0.05) is 32.7 Å². The molecule has 0 saturated carbocycles. The lowest BCUT2D eigenvalue weighted by Gasteiger charge is -2.32. The molecule has 1 aromatic carbocycles. The van der Waals surface area contributed by atoms with Crippen LogP contribution in [0.2, 0.25) is 0 Å². The number of carbonyl (C=O) groups is 2.